The van der Waals surface area contributed by atoms with Crippen LogP contribution in [0.4, 0.5) is 34.1 Å². The molecule has 10 rings (SSSR count). The summed E-state index contributed by atoms with van der Waals surface area (Å²) in [4.78, 5) is 5.12. The van der Waals surface area contributed by atoms with Crippen molar-refractivity contribution < 1.29 is 4.42 Å². The van der Waals surface area contributed by atoms with Gasteiger partial charge in [0.2, 0.25) is 0 Å². The van der Waals surface area contributed by atoms with Crippen LogP contribution in [0.15, 0.2) is 108 Å². The molecule has 0 atom stereocenters. The van der Waals surface area contributed by atoms with E-state index in [0.717, 1.165) is 24.1 Å². The highest BCUT2D eigenvalue weighted by atomic mass is 16.3. The van der Waals surface area contributed by atoms with Crippen LogP contribution in [0.3, 0.4) is 0 Å². The third-order valence-corrected chi connectivity index (χ3v) is 13.4. The summed E-state index contributed by atoms with van der Waals surface area (Å²) >= 11 is 0. The van der Waals surface area contributed by atoms with E-state index in [0.29, 0.717) is 0 Å². The van der Waals surface area contributed by atoms with Crippen molar-refractivity contribution in [3.8, 4) is 11.1 Å². The smallest absolute Gasteiger partial charge is 0.297 e. The summed E-state index contributed by atoms with van der Waals surface area (Å²) in [5.41, 5.74) is 24.9. The number of benzene rings is 6. The van der Waals surface area contributed by atoms with E-state index in [-0.39, 0.29) is 17.5 Å². The number of rotatable bonds is 3. The average Bonchev–Trinajstić information content (AvgIpc) is 3.50. The lowest BCUT2D eigenvalue weighted by molar-refractivity contribution is 0.332. The van der Waals surface area contributed by atoms with E-state index in [1.54, 1.807) is 0 Å². The molecule has 0 amide bonds. The zero-order chi connectivity index (χ0) is 39.0. The van der Waals surface area contributed by atoms with Crippen molar-refractivity contribution in [2.45, 2.75) is 92.9 Å². The molecule has 278 valence electrons. The molecule has 0 saturated heterocycles. The van der Waals surface area contributed by atoms with Crippen LogP contribution in [0.2, 0.25) is 0 Å². The number of nitrogens with zero attached hydrogens (tertiary/aromatic N) is 2. The van der Waals surface area contributed by atoms with E-state index < -0.39 is 0 Å². The summed E-state index contributed by atoms with van der Waals surface area (Å²) < 4.78 is 7.28. The Bertz CT molecular complexity index is 2770. The van der Waals surface area contributed by atoms with Crippen molar-refractivity contribution in [1.29, 1.82) is 0 Å². The first kappa shape index (κ1) is 35.0. The Morgan fingerprint density at radius 1 is 0.536 bits per heavy atom. The fourth-order valence-electron chi connectivity index (χ4n) is 10.3. The summed E-state index contributed by atoms with van der Waals surface area (Å²) in [7, 11) is 0. The number of furan rings is 1. The first-order valence-electron chi connectivity index (χ1n) is 20.4. The van der Waals surface area contributed by atoms with E-state index >= 15 is 0 Å². The summed E-state index contributed by atoms with van der Waals surface area (Å²) in [6.07, 6.45) is 2.33. The Hall–Kier alpha value is -5.48. The fourth-order valence-corrected chi connectivity index (χ4v) is 10.3. The Morgan fingerprint density at radius 3 is 1.84 bits per heavy atom. The third kappa shape index (κ3) is 5.10. The molecule has 3 heterocycles. The highest BCUT2D eigenvalue weighted by Crippen LogP contribution is 2.52. The van der Waals surface area contributed by atoms with Gasteiger partial charge in [-0.05, 0) is 186 Å². The molecule has 0 bridgehead atoms. The van der Waals surface area contributed by atoms with Gasteiger partial charge in [-0.2, -0.15) is 0 Å². The van der Waals surface area contributed by atoms with Crippen molar-refractivity contribution in [1.82, 2.24) is 0 Å². The lowest BCUT2D eigenvalue weighted by Gasteiger charge is -2.46. The Kier molecular flexibility index (Phi) is 7.50. The molecule has 2 aliphatic heterocycles. The molecule has 0 saturated carbocycles. The van der Waals surface area contributed by atoms with Gasteiger partial charge in [0.15, 0.2) is 0 Å². The highest BCUT2D eigenvalue weighted by Gasteiger charge is 2.49. The molecule has 6 aromatic carbocycles. The maximum atomic E-state index is 7.28. The van der Waals surface area contributed by atoms with Gasteiger partial charge in [-0.3, -0.25) is 0 Å². The molecular weight excluding hydrogens is 679 g/mol. The molecular formula is C52H51BN2O. The maximum Gasteiger partial charge on any atom is 0.297 e. The summed E-state index contributed by atoms with van der Waals surface area (Å²) in [5, 5.41) is 1.17. The summed E-state index contributed by atoms with van der Waals surface area (Å²) in [6.45, 7) is 23.1. The van der Waals surface area contributed by atoms with Crippen molar-refractivity contribution in [2.75, 3.05) is 9.80 Å². The van der Waals surface area contributed by atoms with E-state index in [1.807, 2.05) is 0 Å². The zero-order valence-electron chi connectivity index (χ0n) is 34.6. The largest absolute Gasteiger partial charge is 0.468 e. The number of fused-ring (bicyclic) bond motifs is 7. The standard InChI is InChI=1S/C52H51BN2O/c1-30-20-31(2)22-38(21-30)54-45-23-32(3)24-46-48(45)53(50-49(54)39-26-33(4)34(5)27-47(39)56-50)42-28-40-41(52(9,10)19-18-51(40,7)8)29-44(42)55(46)43-17-16-37(25-35(43)6)36-14-12-11-13-15-36/h11-17,20-29H,18-19H2,1-10H3. The zero-order valence-corrected chi connectivity index (χ0v) is 34.6. The fraction of sp³-hybridized carbons (Fsp3) is 0.269. The van der Waals surface area contributed by atoms with Crippen molar-refractivity contribution >= 4 is 68.4 Å². The van der Waals surface area contributed by atoms with Crippen LogP contribution in [0.5, 0.6) is 0 Å². The van der Waals surface area contributed by atoms with Crippen molar-refractivity contribution in [3.05, 3.63) is 148 Å². The molecule has 0 radical (unpaired) electrons. The molecule has 1 aliphatic carbocycles. The van der Waals surface area contributed by atoms with E-state index in [9.17, 15) is 0 Å². The minimum atomic E-state index is -0.0768. The van der Waals surface area contributed by atoms with Gasteiger partial charge >= 0.3 is 0 Å². The lowest BCUT2D eigenvalue weighted by Crippen LogP contribution is -2.61. The Balaban J connectivity index is 1.34. The van der Waals surface area contributed by atoms with E-state index in [1.165, 1.54) is 106 Å². The minimum Gasteiger partial charge on any atom is -0.468 e. The number of aryl methyl sites for hydroxylation is 6. The normalized spacial score (nSPS) is 16.1. The van der Waals surface area contributed by atoms with E-state index in [2.05, 4.69) is 182 Å². The molecule has 56 heavy (non-hydrogen) atoms. The topological polar surface area (TPSA) is 19.6 Å². The van der Waals surface area contributed by atoms with Gasteiger partial charge < -0.3 is 14.2 Å². The van der Waals surface area contributed by atoms with Crippen LogP contribution in [0.1, 0.15) is 85.0 Å². The molecule has 0 unspecified atom stereocenters. The van der Waals surface area contributed by atoms with Crippen LogP contribution in [0, 0.1) is 41.5 Å². The molecule has 3 aliphatic rings. The molecule has 1 aromatic heterocycles. The van der Waals surface area contributed by atoms with Crippen LogP contribution >= 0.6 is 0 Å². The Morgan fingerprint density at radius 2 is 1.16 bits per heavy atom. The molecule has 4 heteroatoms. The predicted molar refractivity (Wildman–Crippen MR) is 239 cm³/mol. The van der Waals surface area contributed by atoms with Crippen LogP contribution in [-0.4, -0.2) is 6.71 Å². The van der Waals surface area contributed by atoms with E-state index in [4.69, 9.17) is 4.42 Å². The number of hydrogen-bond donors (Lipinski definition) is 0. The van der Waals surface area contributed by atoms with Gasteiger partial charge in [0.1, 0.15) is 5.58 Å². The van der Waals surface area contributed by atoms with Gasteiger partial charge in [-0.25, -0.2) is 0 Å². The molecule has 7 aromatic rings. The monoisotopic (exact) mass is 730 g/mol. The second-order valence-electron chi connectivity index (χ2n) is 18.5. The molecule has 0 fully saturated rings. The van der Waals surface area contributed by atoms with Gasteiger partial charge in [0.05, 0.1) is 11.3 Å². The number of hydrogen-bond acceptors (Lipinski definition) is 3. The maximum absolute atomic E-state index is 7.28. The van der Waals surface area contributed by atoms with Crippen LogP contribution in [0.25, 0.3) is 22.1 Å². The van der Waals surface area contributed by atoms with Crippen LogP contribution < -0.4 is 26.4 Å². The van der Waals surface area contributed by atoms with Crippen molar-refractivity contribution in [2.24, 2.45) is 0 Å². The number of anilines is 6. The second kappa shape index (κ2) is 12.0. The minimum absolute atomic E-state index is 0.0546. The predicted octanol–water partition coefficient (Wildman–Crippen LogP) is 12.4. The van der Waals surface area contributed by atoms with Gasteiger partial charge in [-0.1, -0.05) is 76.2 Å². The average molecular weight is 731 g/mol. The van der Waals surface area contributed by atoms with Crippen LogP contribution in [-0.2, 0) is 10.8 Å². The molecule has 0 N–H and O–H groups in total. The van der Waals surface area contributed by atoms with Gasteiger partial charge in [0.25, 0.3) is 6.71 Å². The second-order valence-corrected chi connectivity index (χ2v) is 18.5. The molecule has 3 nitrogen and oxygen atoms in total. The SMILES string of the molecule is Cc1cc(C)cc(N2c3cc(C)cc4c3B(c3cc5c(cc3N4c3ccc(-c4ccccc4)cc3C)C(C)(C)CCC5(C)C)c3oc4cc(C)c(C)cc4c32)c1. The first-order chi connectivity index (χ1) is 26.7. The molecule has 0 spiro atoms. The van der Waals surface area contributed by atoms with Gasteiger partial charge in [-0.15, -0.1) is 0 Å². The summed E-state index contributed by atoms with van der Waals surface area (Å²) in [5.74, 6) is 0. The Labute approximate surface area is 333 Å². The summed E-state index contributed by atoms with van der Waals surface area (Å²) in [6, 6.07) is 39.4. The van der Waals surface area contributed by atoms with Crippen molar-refractivity contribution in [3.63, 3.8) is 0 Å². The lowest BCUT2D eigenvalue weighted by atomic mass is 9.35. The first-order valence-corrected chi connectivity index (χ1v) is 20.4. The van der Waals surface area contributed by atoms with Gasteiger partial charge in [0, 0.05) is 33.8 Å². The third-order valence-electron chi connectivity index (χ3n) is 13.4. The highest BCUT2D eigenvalue weighted by molar-refractivity contribution is 7.00. The quantitative estimate of drug-likeness (QED) is 0.169.